The van der Waals surface area contributed by atoms with E-state index < -0.39 is 0 Å². The maximum atomic E-state index is 4.24. The highest BCUT2D eigenvalue weighted by Crippen LogP contribution is 2.05. The highest BCUT2D eigenvalue weighted by molar-refractivity contribution is 7.80. The van der Waals surface area contributed by atoms with Gasteiger partial charge < -0.3 is 10.2 Å². The molecule has 0 radical (unpaired) electrons. The lowest BCUT2D eigenvalue weighted by atomic mass is 10.5. The number of rotatable bonds is 1. The molecule has 1 rings (SSSR count). The van der Waals surface area contributed by atoms with Crippen molar-refractivity contribution < 1.29 is 0 Å². The van der Waals surface area contributed by atoms with Gasteiger partial charge in [-0.1, -0.05) is 0 Å². The molecule has 1 aliphatic rings. The van der Waals surface area contributed by atoms with E-state index in [9.17, 15) is 0 Å². The van der Waals surface area contributed by atoms with E-state index in [4.69, 9.17) is 0 Å². The monoisotopic (exact) mass is 142 g/mol. The molecule has 0 saturated carbocycles. The standard InChI is InChI=1S/C6H10N2S/c1-6(9)8-4-2-7-3-5-8/h2-7,9H,1H3. The van der Waals surface area contributed by atoms with Gasteiger partial charge in [-0.15, -0.1) is 0 Å². The second-order valence-electron chi connectivity index (χ2n) is 1.88. The maximum absolute atomic E-state index is 4.24. The van der Waals surface area contributed by atoms with Crippen LogP contribution >= 0.6 is 12.6 Å². The van der Waals surface area contributed by atoms with Gasteiger partial charge in [-0.3, -0.25) is 0 Å². The van der Waals surface area contributed by atoms with Gasteiger partial charge in [0.25, 0.3) is 0 Å². The predicted molar refractivity (Wildman–Crippen MR) is 41.7 cm³/mol. The Morgan fingerprint density at radius 2 is 2.00 bits per heavy atom. The van der Waals surface area contributed by atoms with Gasteiger partial charge in [0.05, 0.1) is 5.37 Å². The Kier molecular flexibility index (Phi) is 2.05. The lowest BCUT2D eigenvalue weighted by molar-refractivity contribution is 0.490. The van der Waals surface area contributed by atoms with E-state index in [0.29, 0.717) is 0 Å². The Bertz CT molecular complexity index is 128. The second-order valence-corrected chi connectivity index (χ2v) is 2.62. The average Bonchev–Trinajstić information content (AvgIpc) is 1.90. The van der Waals surface area contributed by atoms with E-state index in [2.05, 4.69) is 17.9 Å². The van der Waals surface area contributed by atoms with Gasteiger partial charge >= 0.3 is 0 Å². The molecule has 0 spiro atoms. The third-order valence-corrected chi connectivity index (χ3v) is 1.38. The molecular formula is C6H10N2S. The van der Waals surface area contributed by atoms with Crippen molar-refractivity contribution in [3.05, 3.63) is 24.8 Å². The smallest absolute Gasteiger partial charge is 0.0731 e. The summed E-state index contributed by atoms with van der Waals surface area (Å²) in [5, 5.41) is 3.18. The van der Waals surface area contributed by atoms with Crippen LogP contribution in [0.5, 0.6) is 0 Å². The lowest BCUT2D eigenvalue weighted by Gasteiger charge is -2.21. The van der Waals surface area contributed by atoms with Crippen molar-refractivity contribution in [2.75, 3.05) is 0 Å². The summed E-state index contributed by atoms with van der Waals surface area (Å²) in [5.74, 6) is 0. The first kappa shape index (κ1) is 6.55. The van der Waals surface area contributed by atoms with E-state index in [1.807, 2.05) is 36.6 Å². The molecular weight excluding hydrogens is 132 g/mol. The summed E-state index contributed by atoms with van der Waals surface area (Å²) >= 11 is 4.24. The van der Waals surface area contributed by atoms with Crippen LogP contribution in [0.15, 0.2) is 24.8 Å². The molecule has 1 aliphatic heterocycles. The molecule has 0 fully saturated rings. The van der Waals surface area contributed by atoms with Crippen LogP contribution in [0.3, 0.4) is 0 Å². The van der Waals surface area contributed by atoms with E-state index >= 15 is 0 Å². The van der Waals surface area contributed by atoms with Crippen LogP contribution in [0.4, 0.5) is 0 Å². The summed E-state index contributed by atoms with van der Waals surface area (Å²) in [5.41, 5.74) is 0. The summed E-state index contributed by atoms with van der Waals surface area (Å²) in [6, 6.07) is 0. The molecule has 0 saturated heterocycles. The van der Waals surface area contributed by atoms with Gasteiger partial charge in [-0.25, -0.2) is 0 Å². The number of nitrogens with one attached hydrogen (secondary N) is 1. The topological polar surface area (TPSA) is 15.3 Å². The normalized spacial score (nSPS) is 19.6. The van der Waals surface area contributed by atoms with Crippen molar-refractivity contribution in [1.29, 1.82) is 0 Å². The summed E-state index contributed by atoms with van der Waals surface area (Å²) < 4.78 is 0. The molecule has 50 valence electrons. The van der Waals surface area contributed by atoms with Gasteiger partial charge in [-0.2, -0.15) is 12.6 Å². The molecule has 2 nitrogen and oxygen atoms in total. The van der Waals surface area contributed by atoms with Gasteiger partial charge in [0.15, 0.2) is 0 Å². The summed E-state index contributed by atoms with van der Waals surface area (Å²) in [4.78, 5) is 2.00. The first-order valence-electron chi connectivity index (χ1n) is 2.85. The molecule has 0 bridgehead atoms. The summed E-state index contributed by atoms with van der Waals surface area (Å²) in [6.07, 6.45) is 7.62. The van der Waals surface area contributed by atoms with E-state index in [0.717, 1.165) is 0 Å². The van der Waals surface area contributed by atoms with Crippen LogP contribution in [0.1, 0.15) is 6.92 Å². The summed E-state index contributed by atoms with van der Waals surface area (Å²) in [7, 11) is 0. The number of nitrogens with zero attached hydrogens (tertiary/aromatic N) is 1. The van der Waals surface area contributed by atoms with Crippen molar-refractivity contribution in [1.82, 2.24) is 10.2 Å². The minimum absolute atomic E-state index is 0.250. The van der Waals surface area contributed by atoms with E-state index in [-0.39, 0.29) is 5.37 Å². The third-order valence-electron chi connectivity index (χ3n) is 1.12. The second kappa shape index (κ2) is 2.82. The van der Waals surface area contributed by atoms with Crippen LogP contribution in [0, 0.1) is 0 Å². The fourth-order valence-corrected chi connectivity index (χ4v) is 0.767. The van der Waals surface area contributed by atoms with Crippen molar-refractivity contribution in [2.24, 2.45) is 0 Å². The van der Waals surface area contributed by atoms with Gasteiger partial charge in [-0.05, 0) is 6.92 Å². The van der Waals surface area contributed by atoms with Gasteiger partial charge in [0.1, 0.15) is 0 Å². The molecule has 0 aromatic heterocycles. The maximum Gasteiger partial charge on any atom is 0.0731 e. The Morgan fingerprint density at radius 3 is 2.33 bits per heavy atom. The van der Waals surface area contributed by atoms with E-state index in [1.54, 1.807) is 0 Å². The highest BCUT2D eigenvalue weighted by Gasteiger charge is 2.00. The van der Waals surface area contributed by atoms with Crippen molar-refractivity contribution in [3.8, 4) is 0 Å². The zero-order valence-electron chi connectivity index (χ0n) is 5.28. The quantitative estimate of drug-likeness (QED) is 0.533. The average molecular weight is 142 g/mol. The Morgan fingerprint density at radius 1 is 1.44 bits per heavy atom. The Labute approximate surface area is 60.6 Å². The van der Waals surface area contributed by atoms with Crippen LogP contribution in [0.2, 0.25) is 0 Å². The molecule has 1 heterocycles. The lowest BCUT2D eigenvalue weighted by Crippen LogP contribution is -2.20. The largest absolute Gasteiger partial charge is 0.365 e. The predicted octanol–water partition coefficient (Wildman–Crippen LogP) is 1.11. The number of hydrogen-bond donors (Lipinski definition) is 2. The van der Waals surface area contributed by atoms with Crippen LogP contribution in [0.25, 0.3) is 0 Å². The van der Waals surface area contributed by atoms with Crippen molar-refractivity contribution >= 4 is 12.6 Å². The van der Waals surface area contributed by atoms with Gasteiger partial charge in [0, 0.05) is 24.8 Å². The molecule has 1 unspecified atom stereocenters. The molecule has 0 amide bonds. The van der Waals surface area contributed by atoms with Gasteiger partial charge in [0.2, 0.25) is 0 Å². The minimum Gasteiger partial charge on any atom is -0.365 e. The van der Waals surface area contributed by atoms with Crippen molar-refractivity contribution in [3.63, 3.8) is 0 Å². The SMILES string of the molecule is CC(S)N1C=CNC=C1. The Hall–Kier alpha value is -0.570. The third kappa shape index (κ3) is 1.68. The Balaban J connectivity index is 2.49. The molecule has 0 aromatic rings. The zero-order valence-corrected chi connectivity index (χ0v) is 6.18. The fraction of sp³-hybridized carbons (Fsp3) is 0.333. The van der Waals surface area contributed by atoms with Crippen LogP contribution < -0.4 is 5.32 Å². The summed E-state index contributed by atoms with van der Waals surface area (Å²) in [6.45, 7) is 2.02. The minimum atomic E-state index is 0.250. The number of thiol groups is 1. The molecule has 9 heavy (non-hydrogen) atoms. The number of hydrogen-bond acceptors (Lipinski definition) is 3. The highest BCUT2D eigenvalue weighted by atomic mass is 32.1. The van der Waals surface area contributed by atoms with E-state index in [1.165, 1.54) is 0 Å². The van der Waals surface area contributed by atoms with Crippen LogP contribution in [-0.2, 0) is 0 Å². The van der Waals surface area contributed by atoms with Crippen LogP contribution in [-0.4, -0.2) is 10.3 Å². The zero-order chi connectivity index (χ0) is 6.69. The van der Waals surface area contributed by atoms with Crippen molar-refractivity contribution in [2.45, 2.75) is 12.3 Å². The molecule has 0 aliphatic carbocycles. The molecule has 1 N–H and O–H groups in total. The molecule has 3 heteroatoms. The molecule has 0 aromatic carbocycles. The molecule has 1 atom stereocenters. The fourth-order valence-electron chi connectivity index (χ4n) is 0.613. The first-order chi connectivity index (χ1) is 4.30. The first-order valence-corrected chi connectivity index (χ1v) is 3.37.